The first-order chi connectivity index (χ1) is 16.4. The topological polar surface area (TPSA) is 89.0 Å². The van der Waals surface area contributed by atoms with Gasteiger partial charge in [0.1, 0.15) is 18.2 Å². The molecule has 2 heterocycles. The first kappa shape index (κ1) is 23.4. The number of hydrogen-bond acceptors (Lipinski definition) is 7. The van der Waals surface area contributed by atoms with Gasteiger partial charge in [-0.15, -0.1) is 11.3 Å². The van der Waals surface area contributed by atoms with E-state index in [0.717, 1.165) is 11.3 Å². The third kappa shape index (κ3) is 4.76. The number of para-hydroxylation sites is 3. The number of amides is 2. The molecule has 1 aromatic heterocycles. The summed E-state index contributed by atoms with van der Waals surface area (Å²) in [5, 5.41) is 1.91. The Hall–Kier alpha value is -3.79. The Labute approximate surface area is 199 Å². The maximum Gasteiger partial charge on any atom is 0.311 e. The molecule has 10 heteroatoms. The van der Waals surface area contributed by atoms with Crippen molar-refractivity contribution in [3.63, 3.8) is 0 Å². The van der Waals surface area contributed by atoms with Crippen molar-refractivity contribution in [3.05, 3.63) is 65.4 Å². The number of carbonyl (C=O) groups is 3. The van der Waals surface area contributed by atoms with Crippen LogP contribution in [0.25, 0.3) is 0 Å². The fraction of sp³-hybridized carbons (Fsp3) is 0.250. The number of thiazole rings is 1. The summed E-state index contributed by atoms with van der Waals surface area (Å²) >= 11 is 1.14. The highest BCUT2D eigenvalue weighted by molar-refractivity contribution is 7.14. The van der Waals surface area contributed by atoms with Gasteiger partial charge in [-0.2, -0.15) is 0 Å². The smallest absolute Gasteiger partial charge is 0.311 e. The van der Waals surface area contributed by atoms with Crippen LogP contribution in [-0.2, 0) is 25.7 Å². The Morgan fingerprint density at radius 3 is 2.68 bits per heavy atom. The van der Waals surface area contributed by atoms with E-state index in [2.05, 4.69) is 4.98 Å². The lowest BCUT2D eigenvalue weighted by Crippen LogP contribution is -2.26. The second-order valence-electron chi connectivity index (χ2n) is 7.61. The molecule has 2 aromatic carbocycles. The first-order valence-electron chi connectivity index (χ1n) is 10.5. The molecule has 0 bridgehead atoms. The van der Waals surface area contributed by atoms with Crippen molar-refractivity contribution < 1.29 is 28.2 Å². The predicted molar refractivity (Wildman–Crippen MR) is 125 cm³/mol. The van der Waals surface area contributed by atoms with Crippen LogP contribution in [0.3, 0.4) is 0 Å². The number of methoxy groups -OCH3 is 1. The minimum atomic E-state index is -0.623. The van der Waals surface area contributed by atoms with Gasteiger partial charge in [-0.05, 0) is 24.3 Å². The molecule has 0 spiro atoms. The van der Waals surface area contributed by atoms with Crippen LogP contribution in [0.15, 0.2) is 53.9 Å². The van der Waals surface area contributed by atoms with Crippen molar-refractivity contribution >= 4 is 45.6 Å². The number of aromatic nitrogens is 1. The fourth-order valence-electron chi connectivity index (χ4n) is 3.72. The molecule has 176 valence electrons. The quantitative estimate of drug-likeness (QED) is 0.471. The van der Waals surface area contributed by atoms with Gasteiger partial charge in [0.05, 0.1) is 30.1 Å². The number of benzene rings is 2. The molecule has 1 aliphatic heterocycles. The Bertz CT molecular complexity index is 1230. The summed E-state index contributed by atoms with van der Waals surface area (Å²) in [6.45, 7) is 1.38. The van der Waals surface area contributed by atoms with Crippen molar-refractivity contribution in [2.75, 3.05) is 23.5 Å². The fourth-order valence-corrected chi connectivity index (χ4v) is 4.58. The number of hydrogen-bond donors (Lipinski definition) is 0. The van der Waals surface area contributed by atoms with Crippen molar-refractivity contribution in [3.8, 4) is 5.75 Å². The second-order valence-corrected chi connectivity index (χ2v) is 8.45. The average molecular weight is 484 g/mol. The van der Waals surface area contributed by atoms with Gasteiger partial charge in [0, 0.05) is 25.3 Å². The van der Waals surface area contributed by atoms with E-state index in [1.807, 2.05) is 0 Å². The van der Waals surface area contributed by atoms with E-state index in [9.17, 15) is 18.8 Å². The molecule has 0 radical (unpaired) electrons. The molecular formula is C24H22FN3O5S. The summed E-state index contributed by atoms with van der Waals surface area (Å²) in [7, 11) is 1.52. The van der Waals surface area contributed by atoms with E-state index in [4.69, 9.17) is 9.47 Å². The zero-order valence-electron chi connectivity index (χ0n) is 18.6. The number of halogens is 1. The number of nitrogens with zero attached hydrogens (tertiary/aromatic N) is 3. The van der Waals surface area contributed by atoms with Gasteiger partial charge in [0.15, 0.2) is 5.13 Å². The Kier molecular flexibility index (Phi) is 6.87. The molecular weight excluding hydrogens is 461 g/mol. The molecule has 34 heavy (non-hydrogen) atoms. The molecule has 1 fully saturated rings. The molecule has 1 aliphatic rings. The molecule has 0 saturated carbocycles. The van der Waals surface area contributed by atoms with Crippen LogP contribution in [0.4, 0.5) is 20.9 Å². The molecule has 0 N–H and O–H groups in total. The maximum atomic E-state index is 14.2. The van der Waals surface area contributed by atoms with Crippen molar-refractivity contribution in [1.29, 1.82) is 0 Å². The van der Waals surface area contributed by atoms with E-state index < -0.39 is 23.6 Å². The zero-order valence-corrected chi connectivity index (χ0v) is 19.4. The minimum Gasteiger partial charge on any atom is -0.495 e. The zero-order chi connectivity index (χ0) is 24.2. The second kappa shape index (κ2) is 10.0. The van der Waals surface area contributed by atoms with E-state index in [-0.39, 0.29) is 36.3 Å². The lowest BCUT2D eigenvalue weighted by molar-refractivity contribution is -0.149. The molecule has 4 rings (SSSR count). The van der Waals surface area contributed by atoms with Gasteiger partial charge in [0.25, 0.3) is 0 Å². The van der Waals surface area contributed by atoms with Crippen LogP contribution < -0.4 is 14.5 Å². The highest BCUT2D eigenvalue weighted by Crippen LogP contribution is 2.34. The molecule has 0 aliphatic carbocycles. The highest BCUT2D eigenvalue weighted by Gasteiger charge is 2.37. The first-order valence-corrected chi connectivity index (χ1v) is 11.4. The monoisotopic (exact) mass is 483 g/mol. The van der Waals surface area contributed by atoms with Crippen LogP contribution in [-0.4, -0.2) is 36.4 Å². The van der Waals surface area contributed by atoms with Gasteiger partial charge in [-0.1, -0.05) is 24.3 Å². The van der Waals surface area contributed by atoms with Crippen LogP contribution in [0.1, 0.15) is 19.0 Å². The van der Waals surface area contributed by atoms with Crippen LogP contribution in [0.5, 0.6) is 5.75 Å². The summed E-state index contributed by atoms with van der Waals surface area (Å²) in [6, 6.07) is 13.0. The Morgan fingerprint density at radius 2 is 1.94 bits per heavy atom. The van der Waals surface area contributed by atoms with Gasteiger partial charge in [-0.3, -0.25) is 19.3 Å². The van der Waals surface area contributed by atoms with Gasteiger partial charge in [-0.25, -0.2) is 9.37 Å². The number of esters is 1. The summed E-state index contributed by atoms with van der Waals surface area (Å²) in [6.07, 6.45) is 0.0323. The van der Waals surface area contributed by atoms with E-state index in [1.54, 1.807) is 35.7 Å². The van der Waals surface area contributed by atoms with Crippen LogP contribution in [0.2, 0.25) is 0 Å². The van der Waals surface area contributed by atoms with Crippen molar-refractivity contribution in [1.82, 2.24) is 4.98 Å². The van der Waals surface area contributed by atoms with E-state index in [0.29, 0.717) is 17.1 Å². The third-order valence-corrected chi connectivity index (χ3v) is 6.21. The standard InChI is InChI=1S/C24H22FN3O5S/c1-15(29)28(19-8-4-3-7-18(19)25)24-26-17(14-34-24)13-33-23(31)16-11-22(30)27(12-16)20-9-5-6-10-21(20)32-2/h3-10,14,16H,11-13H2,1-2H3/t16-/m0/s1. The van der Waals surface area contributed by atoms with Crippen molar-refractivity contribution in [2.24, 2.45) is 5.92 Å². The summed E-state index contributed by atoms with van der Waals surface area (Å²) < 4.78 is 24.9. The average Bonchev–Trinajstić information content (AvgIpc) is 3.45. The van der Waals surface area contributed by atoms with Gasteiger partial charge < -0.3 is 14.4 Å². The summed E-state index contributed by atoms with van der Waals surface area (Å²) in [4.78, 5) is 44.4. The highest BCUT2D eigenvalue weighted by atomic mass is 32.1. The predicted octanol–water partition coefficient (Wildman–Crippen LogP) is 4.07. The molecule has 0 unspecified atom stereocenters. The lowest BCUT2D eigenvalue weighted by atomic mass is 10.1. The van der Waals surface area contributed by atoms with Crippen LogP contribution >= 0.6 is 11.3 Å². The van der Waals surface area contributed by atoms with Gasteiger partial charge in [0.2, 0.25) is 11.8 Å². The number of anilines is 3. The maximum absolute atomic E-state index is 14.2. The Morgan fingerprint density at radius 1 is 1.21 bits per heavy atom. The van der Waals surface area contributed by atoms with E-state index >= 15 is 0 Å². The molecule has 3 aromatic rings. The third-order valence-electron chi connectivity index (χ3n) is 5.34. The number of ether oxygens (including phenoxy) is 2. The minimum absolute atomic E-state index is 0.0323. The van der Waals surface area contributed by atoms with Gasteiger partial charge >= 0.3 is 5.97 Å². The van der Waals surface area contributed by atoms with Crippen LogP contribution in [0, 0.1) is 11.7 Å². The normalized spacial score (nSPS) is 15.3. The summed E-state index contributed by atoms with van der Waals surface area (Å²) in [5.74, 6) is -1.73. The largest absolute Gasteiger partial charge is 0.495 e. The Balaban J connectivity index is 1.41. The summed E-state index contributed by atoms with van der Waals surface area (Å²) in [5.41, 5.74) is 1.11. The molecule has 2 amide bonds. The molecule has 8 nitrogen and oxygen atoms in total. The number of carbonyl (C=O) groups excluding carboxylic acids is 3. The number of rotatable bonds is 7. The van der Waals surface area contributed by atoms with E-state index in [1.165, 1.54) is 42.0 Å². The van der Waals surface area contributed by atoms with Crippen molar-refractivity contribution in [2.45, 2.75) is 20.0 Å². The molecule has 1 saturated heterocycles. The lowest BCUT2D eigenvalue weighted by Gasteiger charge is -2.19. The molecule has 1 atom stereocenters. The SMILES string of the molecule is COc1ccccc1N1C[C@@H](C(=O)OCc2csc(N(C(C)=O)c3ccccc3F)n2)CC1=O.